The molecule has 2 aromatic heterocycles. The fraction of sp³-hybridized carbons (Fsp3) is 0.364. The Labute approximate surface area is 192 Å². The summed E-state index contributed by atoms with van der Waals surface area (Å²) in [5.74, 6) is 1.20. The second-order valence-corrected chi connectivity index (χ2v) is 8.48. The molecule has 1 aliphatic rings. The molecule has 0 spiro atoms. The molecule has 10 heteroatoms. The maximum atomic E-state index is 12.7. The van der Waals surface area contributed by atoms with Gasteiger partial charge >= 0.3 is 0 Å². The van der Waals surface area contributed by atoms with Crippen LogP contribution in [0.4, 0.5) is 17.3 Å². The van der Waals surface area contributed by atoms with E-state index in [1.165, 1.54) is 0 Å². The lowest BCUT2D eigenvalue weighted by Gasteiger charge is -2.31. The van der Waals surface area contributed by atoms with Gasteiger partial charge < -0.3 is 15.5 Å². The zero-order chi connectivity index (χ0) is 22.7. The van der Waals surface area contributed by atoms with Crippen molar-refractivity contribution in [1.29, 1.82) is 0 Å². The van der Waals surface area contributed by atoms with E-state index in [1.54, 1.807) is 22.9 Å². The number of anilines is 3. The van der Waals surface area contributed by atoms with Crippen molar-refractivity contribution < 1.29 is 4.79 Å². The molecule has 0 radical (unpaired) electrons. The summed E-state index contributed by atoms with van der Waals surface area (Å²) >= 11 is 6.11. The Morgan fingerprint density at radius 2 is 1.81 bits per heavy atom. The Kier molecular flexibility index (Phi) is 6.69. The van der Waals surface area contributed by atoms with E-state index in [0.29, 0.717) is 29.2 Å². The van der Waals surface area contributed by atoms with Gasteiger partial charge in [0.05, 0.1) is 12.2 Å². The molecule has 0 aliphatic carbocycles. The first kappa shape index (κ1) is 22.2. The Morgan fingerprint density at radius 3 is 2.50 bits per heavy atom. The number of nitrogens with zero attached hydrogens (tertiary/aromatic N) is 6. The third kappa shape index (κ3) is 5.61. The van der Waals surface area contributed by atoms with Crippen molar-refractivity contribution in [3.05, 3.63) is 52.8 Å². The minimum atomic E-state index is -0.110. The second kappa shape index (κ2) is 9.64. The predicted molar refractivity (Wildman–Crippen MR) is 126 cm³/mol. The van der Waals surface area contributed by atoms with E-state index in [-0.39, 0.29) is 5.91 Å². The van der Waals surface area contributed by atoms with Crippen LogP contribution in [0.1, 0.15) is 11.4 Å². The minimum Gasteiger partial charge on any atom is -0.340 e. The number of piperazine rings is 1. The number of hydrogen-bond donors (Lipinski definition) is 2. The molecule has 0 bridgehead atoms. The molecule has 1 amide bonds. The van der Waals surface area contributed by atoms with Crippen molar-refractivity contribution in [2.24, 2.45) is 0 Å². The van der Waals surface area contributed by atoms with Crippen LogP contribution >= 0.6 is 11.6 Å². The number of nitrogens with one attached hydrogen (secondary N) is 2. The van der Waals surface area contributed by atoms with Gasteiger partial charge in [0.2, 0.25) is 5.91 Å². The molecule has 0 unspecified atom stereocenters. The Hall–Kier alpha value is -3.01. The first-order valence-corrected chi connectivity index (χ1v) is 10.9. The lowest BCUT2D eigenvalue weighted by molar-refractivity contribution is -0.117. The third-order valence-electron chi connectivity index (χ3n) is 5.24. The Morgan fingerprint density at radius 1 is 1.06 bits per heavy atom. The number of aromatic nitrogens is 4. The van der Waals surface area contributed by atoms with E-state index in [0.717, 1.165) is 43.3 Å². The number of rotatable bonds is 6. The Balaban J connectivity index is 1.58. The number of likely N-dealkylation sites (N-methyl/N-ethyl adjacent to an activating group) is 1. The molecule has 2 N–H and O–H groups in total. The third-order valence-corrected chi connectivity index (χ3v) is 5.48. The molecule has 4 rings (SSSR count). The smallest absolute Gasteiger partial charge is 0.254 e. The zero-order valence-corrected chi connectivity index (χ0v) is 19.2. The normalized spacial score (nSPS) is 15.0. The second-order valence-electron chi connectivity index (χ2n) is 8.04. The fourth-order valence-electron chi connectivity index (χ4n) is 3.59. The molecule has 3 heterocycles. The van der Waals surface area contributed by atoms with Crippen LogP contribution in [0.5, 0.6) is 0 Å². The average molecular weight is 455 g/mol. The first-order chi connectivity index (χ1) is 15.4. The maximum Gasteiger partial charge on any atom is 0.254 e. The van der Waals surface area contributed by atoms with Gasteiger partial charge in [0.25, 0.3) is 5.95 Å². The minimum absolute atomic E-state index is 0.110. The molecule has 0 atom stereocenters. The average Bonchev–Trinajstić information content (AvgIpc) is 3.07. The molecule has 168 valence electrons. The predicted octanol–water partition coefficient (Wildman–Crippen LogP) is 2.86. The topological polar surface area (TPSA) is 91.2 Å². The van der Waals surface area contributed by atoms with Gasteiger partial charge in [0.15, 0.2) is 0 Å². The highest BCUT2D eigenvalue weighted by Gasteiger charge is 2.18. The first-order valence-electron chi connectivity index (χ1n) is 10.5. The standard InChI is InChI=1S/C22H27ClN8O/c1-15-11-16(2)31(28-15)22-26-19(24-18-6-4-5-17(23)12-18)13-20(27-22)25-21(32)14-30-9-7-29(3)8-10-30/h4-6,11-13H,7-10,14H2,1-3H3,(H2,24,25,26,27,32). The molecular weight excluding hydrogens is 428 g/mol. The number of amides is 1. The van der Waals surface area contributed by atoms with Crippen LogP contribution in [0, 0.1) is 13.8 Å². The Bertz CT molecular complexity index is 1110. The zero-order valence-electron chi connectivity index (χ0n) is 18.5. The fourth-order valence-corrected chi connectivity index (χ4v) is 3.78. The van der Waals surface area contributed by atoms with E-state index < -0.39 is 0 Å². The SMILES string of the molecule is Cc1cc(C)n(-c2nc(NC(=O)CN3CCN(C)CC3)cc(Nc3cccc(Cl)c3)n2)n1. The summed E-state index contributed by atoms with van der Waals surface area (Å²) in [5, 5.41) is 11.3. The van der Waals surface area contributed by atoms with Gasteiger partial charge in [-0.15, -0.1) is 0 Å². The molecule has 1 saturated heterocycles. The van der Waals surface area contributed by atoms with E-state index in [9.17, 15) is 4.79 Å². The highest BCUT2D eigenvalue weighted by molar-refractivity contribution is 6.30. The molecule has 9 nitrogen and oxygen atoms in total. The highest BCUT2D eigenvalue weighted by atomic mass is 35.5. The number of halogens is 1. The van der Waals surface area contributed by atoms with Crippen LogP contribution in [0.2, 0.25) is 5.02 Å². The maximum absolute atomic E-state index is 12.7. The molecule has 32 heavy (non-hydrogen) atoms. The van der Waals surface area contributed by atoms with Crippen molar-refractivity contribution in [2.75, 3.05) is 50.4 Å². The summed E-state index contributed by atoms with van der Waals surface area (Å²) in [4.78, 5) is 26.3. The van der Waals surface area contributed by atoms with Crippen molar-refractivity contribution in [3.8, 4) is 5.95 Å². The molecule has 1 aromatic carbocycles. The van der Waals surface area contributed by atoms with Crippen LogP contribution in [0.15, 0.2) is 36.4 Å². The van der Waals surface area contributed by atoms with Gasteiger partial charge in [0, 0.05) is 48.6 Å². The lowest BCUT2D eigenvalue weighted by atomic mass is 10.3. The van der Waals surface area contributed by atoms with Crippen LogP contribution in [-0.4, -0.2) is 75.2 Å². The van der Waals surface area contributed by atoms with Crippen LogP contribution < -0.4 is 10.6 Å². The summed E-state index contributed by atoms with van der Waals surface area (Å²) < 4.78 is 1.66. The van der Waals surface area contributed by atoms with Crippen LogP contribution in [-0.2, 0) is 4.79 Å². The summed E-state index contributed by atoms with van der Waals surface area (Å²) in [6.45, 7) is 7.82. The van der Waals surface area contributed by atoms with Gasteiger partial charge in [-0.1, -0.05) is 17.7 Å². The number of carbonyl (C=O) groups is 1. The number of carbonyl (C=O) groups excluding carboxylic acids is 1. The largest absolute Gasteiger partial charge is 0.340 e. The van der Waals surface area contributed by atoms with Crippen molar-refractivity contribution in [1.82, 2.24) is 29.5 Å². The number of hydrogen-bond acceptors (Lipinski definition) is 7. The number of benzene rings is 1. The van der Waals surface area contributed by atoms with Crippen molar-refractivity contribution >= 4 is 34.8 Å². The van der Waals surface area contributed by atoms with E-state index >= 15 is 0 Å². The number of aryl methyl sites for hydroxylation is 2. The highest BCUT2D eigenvalue weighted by Crippen LogP contribution is 2.22. The van der Waals surface area contributed by atoms with Crippen LogP contribution in [0.3, 0.4) is 0 Å². The molecule has 1 fully saturated rings. The van der Waals surface area contributed by atoms with Gasteiger partial charge in [0.1, 0.15) is 11.6 Å². The summed E-state index contributed by atoms with van der Waals surface area (Å²) in [5.41, 5.74) is 2.54. The van der Waals surface area contributed by atoms with E-state index in [2.05, 4.69) is 42.5 Å². The van der Waals surface area contributed by atoms with Crippen molar-refractivity contribution in [2.45, 2.75) is 13.8 Å². The van der Waals surface area contributed by atoms with E-state index in [4.69, 9.17) is 11.6 Å². The summed E-state index contributed by atoms with van der Waals surface area (Å²) in [6.07, 6.45) is 0. The van der Waals surface area contributed by atoms with Gasteiger partial charge in [-0.25, -0.2) is 4.68 Å². The van der Waals surface area contributed by atoms with E-state index in [1.807, 2.05) is 32.0 Å². The van der Waals surface area contributed by atoms with Gasteiger partial charge in [-0.05, 0) is 45.2 Å². The van der Waals surface area contributed by atoms with Gasteiger partial charge in [-0.2, -0.15) is 15.1 Å². The molecular formula is C22H27ClN8O. The molecule has 0 saturated carbocycles. The monoisotopic (exact) mass is 454 g/mol. The lowest BCUT2D eigenvalue weighted by Crippen LogP contribution is -2.47. The molecule has 3 aromatic rings. The van der Waals surface area contributed by atoms with Gasteiger partial charge in [-0.3, -0.25) is 9.69 Å². The quantitative estimate of drug-likeness (QED) is 0.591. The molecule has 1 aliphatic heterocycles. The summed E-state index contributed by atoms with van der Waals surface area (Å²) in [6, 6.07) is 11.0. The van der Waals surface area contributed by atoms with Crippen LogP contribution in [0.25, 0.3) is 5.95 Å². The summed E-state index contributed by atoms with van der Waals surface area (Å²) in [7, 11) is 2.09. The van der Waals surface area contributed by atoms with Crippen molar-refractivity contribution in [3.63, 3.8) is 0 Å².